The van der Waals surface area contributed by atoms with Gasteiger partial charge >= 0.3 is 0 Å². The summed E-state index contributed by atoms with van der Waals surface area (Å²) >= 11 is 0. The maximum Gasteiger partial charge on any atom is 0.278 e. The third-order valence-corrected chi connectivity index (χ3v) is 6.02. The number of pyridine rings is 1. The first-order chi connectivity index (χ1) is 15.7. The minimum atomic E-state index is -0.292. The van der Waals surface area contributed by atoms with E-state index >= 15 is 0 Å². The Hall–Kier alpha value is -3.93. The van der Waals surface area contributed by atoms with Gasteiger partial charge in [0.05, 0.1) is 24.9 Å². The Morgan fingerprint density at radius 3 is 2.38 bits per heavy atom. The minimum Gasteiger partial charge on any atom is -0.497 e. The highest BCUT2D eigenvalue weighted by Crippen LogP contribution is 2.35. The Bertz CT molecular complexity index is 1200. The maximum absolute atomic E-state index is 13.6. The summed E-state index contributed by atoms with van der Waals surface area (Å²) < 4.78 is 5.27. The van der Waals surface area contributed by atoms with Gasteiger partial charge in [-0.2, -0.15) is 0 Å². The molecule has 2 aliphatic heterocycles. The number of amides is 2. The molecule has 0 spiro atoms. The standard InChI is InChI=1S/C26H23N3O3/c1-32-22-11-9-19(10-12-22)23-24(28-15-13-18-6-2-3-7-20(18)16-28)26(31)29(25(23)30)17-21-8-4-5-14-27-21/h2-12,14H,13,15-17H2,1H3. The van der Waals surface area contributed by atoms with Crippen LogP contribution in [0.2, 0.25) is 0 Å². The van der Waals surface area contributed by atoms with Crippen LogP contribution < -0.4 is 4.74 Å². The maximum atomic E-state index is 13.6. The molecule has 160 valence electrons. The van der Waals surface area contributed by atoms with Gasteiger partial charge in [-0.1, -0.05) is 42.5 Å². The monoisotopic (exact) mass is 425 g/mol. The average Bonchev–Trinajstić information content (AvgIpc) is 3.09. The molecule has 0 aliphatic carbocycles. The van der Waals surface area contributed by atoms with Crippen molar-refractivity contribution in [2.75, 3.05) is 13.7 Å². The smallest absolute Gasteiger partial charge is 0.278 e. The molecule has 2 amide bonds. The molecule has 0 bridgehead atoms. The van der Waals surface area contributed by atoms with E-state index < -0.39 is 0 Å². The lowest BCUT2D eigenvalue weighted by Crippen LogP contribution is -2.37. The number of carbonyl (C=O) groups is 2. The van der Waals surface area contributed by atoms with Crippen LogP contribution >= 0.6 is 0 Å². The van der Waals surface area contributed by atoms with Crippen LogP contribution in [-0.2, 0) is 29.1 Å². The Kier molecular flexibility index (Phi) is 5.19. The topological polar surface area (TPSA) is 62.7 Å². The predicted octanol–water partition coefficient (Wildman–Crippen LogP) is 3.43. The van der Waals surface area contributed by atoms with Gasteiger partial charge < -0.3 is 9.64 Å². The van der Waals surface area contributed by atoms with Gasteiger partial charge in [0.2, 0.25) is 0 Å². The van der Waals surface area contributed by atoms with Gasteiger partial charge in [-0.05, 0) is 47.4 Å². The van der Waals surface area contributed by atoms with E-state index in [4.69, 9.17) is 4.74 Å². The molecular formula is C26H23N3O3. The van der Waals surface area contributed by atoms with E-state index in [2.05, 4.69) is 17.1 Å². The van der Waals surface area contributed by atoms with Crippen molar-refractivity contribution < 1.29 is 14.3 Å². The zero-order chi connectivity index (χ0) is 22.1. The molecule has 3 aromatic rings. The molecule has 6 heteroatoms. The largest absolute Gasteiger partial charge is 0.497 e. The molecule has 2 aliphatic rings. The van der Waals surface area contributed by atoms with Crippen LogP contribution in [0.3, 0.4) is 0 Å². The second-order valence-corrected chi connectivity index (χ2v) is 7.91. The highest BCUT2D eigenvalue weighted by molar-refractivity contribution is 6.35. The van der Waals surface area contributed by atoms with E-state index in [1.807, 2.05) is 59.5 Å². The molecule has 0 saturated carbocycles. The Balaban J connectivity index is 1.55. The fraction of sp³-hybridized carbons (Fsp3) is 0.192. The van der Waals surface area contributed by atoms with Crippen LogP contribution in [0, 0.1) is 0 Å². The van der Waals surface area contributed by atoms with E-state index in [0.29, 0.717) is 41.4 Å². The van der Waals surface area contributed by atoms with Crippen LogP contribution in [0.1, 0.15) is 22.4 Å². The van der Waals surface area contributed by atoms with Crippen LogP contribution in [0.15, 0.2) is 78.6 Å². The van der Waals surface area contributed by atoms with Gasteiger partial charge in [-0.25, -0.2) is 0 Å². The van der Waals surface area contributed by atoms with E-state index in [0.717, 1.165) is 6.42 Å². The summed E-state index contributed by atoms with van der Waals surface area (Å²) in [7, 11) is 1.60. The number of fused-ring (bicyclic) bond motifs is 1. The van der Waals surface area contributed by atoms with E-state index in [9.17, 15) is 9.59 Å². The Morgan fingerprint density at radius 2 is 1.66 bits per heavy atom. The molecule has 1 aromatic heterocycles. The van der Waals surface area contributed by atoms with Crippen LogP contribution in [0.25, 0.3) is 5.57 Å². The van der Waals surface area contributed by atoms with E-state index in [-0.39, 0.29) is 18.4 Å². The van der Waals surface area contributed by atoms with Gasteiger partial charge in [-0.3, -0.25) is 19.5 Å². The summed E-state index contributed by atoms with van der Waals surface area (Å²) in [6.07, 6.45) is 2.50. The lowest BCUT2D eigenvalue weighted by atomic mass is 9.98. The third-order valence-electron chi connectivity index (χ3n) is 6.02. The zero-order valence-electron chi connectivity index (χ0n) is 17.8. The van der Waals surface area contributed by atoms with Gasteiger partial charge in [0.25, 0.3) is 11.8 Å². The first-order valence-corrected chi connectivity index (χ1v) is 10.6. The number of ether oxygens (including phenoxy) is 1. The van der Waals surface area contributed by atoms with Crippen molar-refractivity contribution in [3.8, 4) is 5.75 Å². The molecule has 0 N–H and O–H groups in total. The van der Waals surface area contributed by atoms with Crippen LogP contribution in [0.5, 0.6) is 5.75 Å². The highest BCUT2D eigenvalue weighted by Gasteiger charge is 2.42. The SMILES string of the molecule is COc1ccc(C2=C(N3CCc4ccccc4C3)C(=O)N(Cc3ccccn3)C2=O)cc1. The van der Waals surface area contributed by atoms with Crippen molar-refractivity contribution in [1.82, 2.24) is 14.8 Å². The number of benzene rings is 2. The molecule has 5 rings (SSSR count). The summed E-state index contributed by atoms with van der Waals surface area (Å²) in [5.74, 6) is 0.135. The average molecular weight is 425 g/mol. The van der Waals surface area contributed by atoms with Crippen molar-refractivity contribution in [1.29, 1.82) is 0 Å². The number of hydrogen-bond donors (Lipinski definition) is 0. The molecule has 0 saturated heterocycles. The quantitative estimate of drug-likeness (QED) is 0.586. The molecule has 3 heterocycles. The number of aromatic nitrogens is 1. The summed E-state index contributed by atoms with van der Waals surface area (Å²) in [6.45, 7) is 1.43. The second kappa shape index (κ2) is 8.30. The van der Waals surface area contributed by atoms with Crippen molar-refractivity contribution in [3.05, 3.63) is 101 Å². The van der Waals surface area contributed by atoms with Gasteiger partial charge in [0.1, 0.15) is 11.4 Å². The van der Waals surface area contributed by atoms with Crippen molar-refractivity contribution in [3.63, 3.8) is 0 Å². The molecule has 0 fully saturated rings. The summed E-state index contributed by atoms with van der Waals surface area (Å²) in [6, 6.07) is 21.0. The normalized spacial score (nSPS) is 15.9. The minimum absolute atomic E-state index is 0.145. The predicted molar refractivity (Wildman–Crippen MR) is 120 cm³/mol. The fourth-order valence-corrected chi connectivity index (χ4v) is 4.36. The Labute approximate surface area is 186 Å². The number of methoxy groups -OCH3 is 1. The van der Waals surface area contributed by atoms with Crippen LogP contribution in [-0.4, -0.2) is 40.3 Å². The van der Waals surface area contributed by atoms with Crippen molar-refractivity contribution in [2.24, 2.45) is 0 Å². The van der Waals surface area contributed by atoms with Crippen LogP contribution in [0.4, 0.5) is 0 Å². The lowest BCUT2D eigenvalue weighted by molar-refractivity contribution is -0.138. The number of hydrogen-bond acceptors (Lipinski definition) is 5. The molecule has 32 heavy (non-hydrogen) atoms. The first kappa shape index (κ1) is 20.0. The Morgan fingerprint density at radius 1 is 0.906 bits per heavy atom. The number of imide groups is 1. The summed E-state index contributed by atoms with van der Waals surface area (Å²) in [5, 5.41) is 0. The van der Waals surface area contributed by atoms with Crippen molar-refractivity contribution in [2.45, 2.75) is 19.5 Å². The summed E-state index contributed by atoms with van der Waals surface area (Å²) in [5.41, 5.74) is 4.76. The number of rotatable bonds is 5. The van der Waals surface area contributed by atoms with E-state index in [1.54, 1.807) is 13.3 Å². The fourth-order valence-electron chi connectivity index (χ4n) is 4.36. The number of carbonyl (C=O) groups excluding carboxylic acids is 2. The molecule has 6 nitrogen and oxygen atoms in total. The molecule has 0 unspecified atom stereocenters. The van der Waals surface area contributed by atoms with Crippen molar-refractivity contribution >= 4 is 17.4 Å². The first-order valence-electron chi connectivity index (χ1n) is 10.6. The molecule has 0 radical (unpaired) electrons. The van der Waals surface area contributed by atoms with Gasteiger partial charge in [0, 0.05) is 19.3 Å². The van der Waals surface area contributed by atoms with Gasteiger partial charge in [-0.15, -0.1) is 0 Å². The number of nitrogens with zero attached hydrogens (tertiary/aromatic N) is 3. The van der Waals surface area contributed by atoms with E-state index in [1.165, 1.54) is 16.0 Å². The summed E-state index contributed by atoms with van der Waals surface area (Å²) in [4.78, 5) is 34.8. The third kappa shape index (κ3) is 3.54. The lowest BCUT2D eigenvalue weighted by Gasteiger charge is -2.31. The zero-order valence-corrected chi connectivity index (χ0v) is 17.8. The molecular weight excluding hydrogens is 402 g/mol. The second-order valence-electron chi connectivity index (χ2n) is 7.91. The van der Waals surface area contributed by atoms with Gasteiger partial charge in [0.15, 0.2) is 0 Å². The molecule has 2 aromatic carbocycles. The molecule has 0 atom stereocenters. The highest BCUT2D eigenvalue weighted by atomic mass is 16.5.